The fourth-order valence-electron chi connectivity index (χ4n) is 2.23. The molecule has 1 aliphatic rings. The van der Waals surface area contributed by atoms with Crippen LogP contribution in [0.5, 0.6) is 0 Å². The van der Waals surface area contributed by atoms with Crippen molar-refractivity contribution in [3.63, 3.8) is 0 Å². The number of hydrogen-bond donors (Lipinski definition) is 0. The van der Waals surface area contributed by atoms with E-state index in [9.17, 15) is 4.79 Å². The van der Waals surface area contributed by atoms with E-state index in [4.69, 9.17) is 0 Å². The summed E-state index contributed by atoms with van der Waals surface area (Å²) in [5, 5.41) is 0. The number of pyridine rings is 1. The Morgan fingerprint density at radius 1 is 1.16 bits per heavy atom. The maximum absolute atomic E-state index is 12.7. The summed E-state index contributed by atoms with van der Waals surface area (Å²) in [5.74, 6) is 0.803. The predicted octanol–water partition coefficient (Wildman–Crippen LogP) is 3.20. The highest BCUT2D eigenvalue weighted by atomic mass is 16.2. The van der Waals surface area contributed by atoms with Gasteiger partial charge < -0.3 is 0 Å². The SMILES string of the molecule is Cc1ccccc1C(=O)N(c1ccccn1)C1CC1. The van der Waals surface area contributed by atoms with Crippen LogP contribution in [0.15, 0.2) is 48.7 Å². The number of anilines is 1. The fraction of sp³-hybridized carbons (Fsp3) is 0.250. The van der Waals surface area contributed by atoms with Crippen molar-refractivity contribution in [2.24, 2.45) is 0 Å². The summed E-state index contributed by atoms with van der Waals surface area (Å²) in [6.07, 6.45) is 3.86. The summed E-state index contributed by atoms with van der Waals surface area (Å²) in [6, 6.07) is 13.7. The molecule has 1 fully saturated rings. The van der Waals surface area contributed by atoms with E-state index in [1.54, 1.807) is 6.20 Å². The molecular weight excluding hydrogens is 236 g/mol. The first-order valence-corrected chi connectivity index (χ1v) is 6.57. The zero-order chi connectivity index (χ0) is 13.2. The number of benzene rings is 1. The average molecular weight is 252 g/mol. The summed E-state index contributed by atoms with van der Waals surface area (Å²) in [5.41, 5.74) is 1.77. The molecule has 0 radical (unpaired) electrons. The van der Waals surface area contributed by atoms with Crippen LogP contribution in [0.1, 0.15) is 28.8 Å². The molecule has 3 heteroatoms. The molecule has 0 atom stereocenters. The van der Waals surface area contributed by atoms with E-state index in [2.05, 4.69) is 4.98 Å². The number of carbonyl (C=O) groups excluding carboxylic acids is 1. The lowest BCUT2D eigenvalue weighted by atomic mass is 10.1. The first-order valence-electron chi connectivity index (χ1n) is 6.57. The lowest BCUT2D eigenvalue weighted by Gasteiger charge is -2.22. The zero-order valence-electron chi connectivity index (χ0n) is 10.9. The maximum atomic E-state index is 12.7. The van der Waals surface area contributed by atoms with Crippen molar-refractivity contribution < 1.29 is 4.79 Å². The lowest BCUT2D eigenvalue weighted by molar-refractivity contribution is 0.0984. The van der Waals surface area contributed by atoms with E-state index in [1.165, 1.54) is 0 Å². The Kier molecular flexibility index (Phi) is 3.03. The smallest absolute Gasteiger partial charge is 0.259 e. The van der Waals surface area contributed by atoms with Gasteiger partial charge in [0.15, 0.2) is 0 Å². The van der Waals surface area contributed by atoms with Crippen molar-refractivity contribution >= 4 is 11.7 Å². The van der Waals surface area contributed by atoms with Crippen LogP contribution in [0, 0.1) is 6.92 Å². The summed E-state index contributed by atoms with van der Waals surface area (Å²) in [4.78, 5) is 18.9. The average Bonchev–Trinajstić information content (AvgIpc) is 3.25. The fourth-order valence-corrected chi connectivity index (χ4v) is 2.23. The molecule has 1 saturated carbocycles. The predicted molar refractivity (Wildman–Crippen MR) is 75.2 cm³/mol. The van der Waals surface area contributed by atoms with Gasteiger partial charge >= 0.3 is 0 Å². The lowest BCUT2D eigenvalue weighted by Crippen LogP contribution is -2.34. The third-order valence-corrected chi connectivity index (χ3v) is 3.40. The monoisotopic (exact) mass is 252 g/mol. The molecule has 1 aromatic carbocycles. The van der Waals surface area contributed by atoms with Crippen LogP contribution < -0.4 is 4.90 Å². The highest BCUT2D eigenvalue weighted by Crippen LogP contribution is 2.32. The Hall–Kier alpha value is -2.16. The summed E-state index contributed by atoms with van der Waals surface area (Å²) >= 11 is 0. The van der Waals surface area contributed by atoms with Crippen LogP contribution >= 0.6 is 0 Å². The minimum atomic E-state index is 0.0549. The molecule has 1 heterocycles. The minimum Gasteiger partial charge on any atom is -0.290 e. The molecule has 3 rings (SSSR count). The third-order valence-electron chi connectivity index (χ3n) is 3.40. The van der Waals surface area contributed by atoms with Crippen LogP contribution in [-0.4, -0.2) is 16.9 Å². The van der Waals surface area contributed by atoms with Crippen molar-refractivity contribution in [2.45, 2.75) is 25.8 Å². The maximum Gasteiger partial charge on any atom is 0.259 e. The number of aryl methyl sites for hydroxylation is 1. The van der Waals surface area contributed by atoms with Crippen molar-refractivity contribution in [2.75, 3.05) is 4.90 Å². The van der Waals surface area contributed by atoms with E-state index < -0.39 is 0 Å². The number of carbonyl (C=O) groups is 1. The van der Waals surface area contributed by atoms with Crippen molar-refractivity contribution in [1.29, 1.82) is 0 Å². The van der Waals surface area contributed by atoms with Crippen molar-refractivity contribution in [3.8, 4) is 0 Å². The van der Waals surface area contributed by atoms with Gasteiger partial charge in [-0.1, -0.05) is 24.3 Å². The van der Waals surface area contributed by atoms with Crippen LogP contribution in [0.3, 0.4) is 0 Å². The second-order valence-electron chi connectivity index (χ2n) is 4.91. The Balaban J connectivity index is 1.98. The number of hydrogen-bond acceptors (Lipinski definition) is 2. The van der Waals surface area contributed by atoms with E-state index in [0.29, 0.717) is 6.04 Å². The molecule has 0 spiro atoms. The highest BCUT2D eigenvalue weighted by Gasteiger charge is 2.35. The molecule has 0 saturated heterocycles. The molecule has 1 amide bonds. The molecular formula is C16H16N2O. The minimum absolute atomic E-state index is 0.0549. The second-order valence-corrected chi connectivity index (χ2v) is 4.91. The quantitative estimate of drug-likeness (QED) is 0.840. The number of nitrogens with zero attached hydrogens (tertiary/aromatic N) is 2. The molecule has 0 bridgehead atoms. The standard InChI is InChI=1S/C16H16N2O/c1-12-6-2-3-7-14(12)16(19)18(13-9-10-13)15-8-4-5-11-17-15/h2-8,11,13H,9-10H2,1H3. The van der Waals surface area contributed by atoms with Gasteiger partial charge in [-0.3, -0.25) is 9.69 Å². The Morgan fingerprint density at radius 3 is 2.53 bits per heavy atom. The van der Waals surface area contributed by atoms with E-state index in [0.717, 1.165) is 29.8 Å². The van der Waals surface area contributed by atoms with Gasteiger partial charge in [0, 0.05) is 17.8 Å². The largest absolute Gasteiger partial charge is 0.290 e. The molecule has 0 N–H and O–H groups in total. The molecule has 96 valence electrons. The van der Waals surface area contributed by atoms with Gasteiger partial charge in [-0.2, -0.15) is 0 Å². The summed E-state index contributed by atoms with van der Waals surface area (Å²) in [7, 11) is 0. The Morgan fingerprint density at radius 2 is 1.89 bits per heavy atom. The van der Waals surface area contributed by atoms with Crippen molar-refractivity contribution in [1.82, 2.24) is 4.98 Å². The van der Waals surface area contributed by atoms with Gasteiger partial charge in [0.2, 0.25) is 0 Å². The number of amides is 1. The Labute approximate surface area is 112 Å². The van der Waals surface area contributed by atoms with Gasteiger partial charge in [-0.25, -0.2) is 4.98 Å². The molecule has 0 aliphatic heterocycles. The molecule has 0 unspecified atom stereocenters. The van der Waals surface area contributed by atoms with Gasteiger partial charge in [0.1, 0.15) is 5.82 Å². The zero-order valence-corrected chi connectivity index (χ0v) is 10.9. The van der Waals surface area contributed by atoms with Gasteiger partial charge in [0.25, 0.3) is 5.91 Å². The van der Waals surface area contributed by atoms with Crippen LogP contribution in [-0.2, 0) is 0 Å². The molecule has 3 nitrogen and oxygen atoms in total. The number of aromatic nitrogens is 1. The molecule has 19 heavy (non-hydrogen) atoms. The van der Waals surface area contributed by atoms with Crippen LogP contribution in [0.2, 0.25) is 0 Å². The first kappa shape index (κ1) is 11.9. The van der Waals surface area contributed by atoms with Gasteiger partial charge in [0.05, 0.1) is 0 Å². The first-order chi connectivity index (χ1) is 9.27. The van der Waals surface area contributed by atoms with E-state index in [-0.39, 0.29) is 5.91 Å². The normalized spacial score (nSPS) is 14.2. The highest BCUT2D eigenvalue weighted by molar-refractivity contribution is 6.07. The molecule has 1 aliphatic carbocycles. The van der Waals surface area contributed by atoms with Gasteiger partial charge in [-0.15, -0.1) is 0 Å². The number of rotatable bonds is 3. The second kappa shape index (κ2) is 4.84. The van der Waals surface area contributed by atoms with Crippen LogP contribution in [0.4, 0.5) is 5.82 Å². The Bertz CT molecular complexity index is 591. The van der Waals surface area contributed by atoms with Crippen LogP contribution in [0.25, 0.3) is 0 Å². The van der Waals surface area contributed by atoms with E-state index >= 15 is 0 Å². The summed E-state index contributed by atoms with van der Waals surface area (Å²) in [6.45, 7) is 1.97. The third kappa shape index (κ3) is 2.36. The molecule has 2 aromatic rings. The van der Waals surface area contributed by atoms with Crippen molar-refractivity contribution in [3.05, 3.63) is 59.8 Å². The topological polar surface area (TPSA) is 33.2 Å². The van der Waals surface area contributed by atoms with Gasteiger partial charge in [-0.05, 0) is 43.5 Å². The summed E-state index contributed by atoms with van der Waals surface area (Å²) < 4.78 is 0. The molecule has 1 aromatic heterocycles. The van der Waals surface area contributed by atoms with E-state index in [1.807, 2.05) is 54.3 Å².